The van der Waals surface area contributed by atoms with Crippen LogP contribution in [0.25, 0.3) is 0 Å². The van der Waals surface area contributed by atoms with E-state index in [4.69, 9.17) is 9.84 Å². The van der Waals surface area contributed by atoms with Gasteiger partial charge in [0.05, 0.1) is 4.92 Å². The van der Waals surface area contributed by atoms with Gasteiger partial charge in [-0.1, -0.05) is 6.07 Å². The maximum absolute atomic E-state index is 13.0. The van der Waals surface area contributed by atoms with Gasteiger partial charge in [-0.15, -0.1) is 0 Å². The van der Waals surface area contributed by atoms with Crippen LogP contribution in [0.15, 0.2) is 36.4 Å². The van der Waals surface area contributed by atoms with Gasteiger partial charge in [0.15, 0.2) is 0 Å². The number of para-hydroxylation sites is 1. The Hall–Kier alpha value is -2.96. The van der Waals surface area contributed by atoms with Crippen molar-refractivity contribution in [1.29, 1.82) is 0 Å². The van der Waals surface area contributed by atoms with Crippen LogP contribution in [0.4, 0.5) is 10.1 Å². The topological polar surface area (TPSA) is 89.7 Å². The Balaban J connectivity index is 2.51. The smallest absolute Gasteiger partial charge is 0.342 e. The molecule has 2 rings (SSSR count). The fourth-order valence-corrected chi connectivity index (χ4v) is 1.81. The van der Waals surface area contributed by atoms with Crippen LogP contribution < -0.4 is 4.74 Å². The summed E-state index contributed by atoms with van der Waals surface area (Å²) in [6, 6.07) is 7.42. The molecule has 2 aromatic carbocycles. The number of benzene rings is 2. The lowest BCUT2D eigenvalue weighted by molar-refractivity contribution is -0.386. The first-order valence-corrected chi connectivity index (χ1v) is 5.85. The number of rotatable bonds is 4. The van der Waals surface area contributed by atoms with E-state index in [2.05, 4.69) is 0 Å². The van der Waals surface area contributed by atoms with E-state index in [0.29, 0.717) is 5.56 Å². The molecule has 6 nitrogen and oxygen atoms in total. The summed E-state index contributed by atoms with van der Waals surface area (Å²) in [5, 5.41) is 20.1. The Kier molecular flexibility index (Phi) is 3.84. The van der Waals surface area contributed by atoms with E-state index in [9.17, 15) is 19.3 Å². The van der Waals surface area contributed by atoms with E-state index < -0.39 is 28.0 Å². The molecule has 0 radical (unpaired) electrons. The Morgan fingerprint density at radius 3 is 2.57 bits per heavy atom. The van der Waals surface area contributed by atoms with Gasteiger partial charge < -0.3 is 9.84 Å². The second kappa shape index (κ2) is 5.58. The zero-order valence-corrected chi connectivity index (χ0v) is 10.9. The summed E-state index contributed by atoms with van der Waals surface area (Å²) in [4.78, 5) is 21.3. The van der Waals surface area contributed by atoms with Gasteiger partial charge in [0.2, 0.25) is 5.75 Å². The van der Waals surface area contributed by atoms with Crippen LogP contribution in [0, 0.1) is 22.9 Å². The van der Waals surface area contributed by atoms with Crippen molar-refractivity contribution in [1.82, 2.24) is 0 Å². The summed E-state index contributed by atoms with van der Waals surface area (Å²) in [6.07, 6.45) is 0. The van der Waals surface area contributed by atoms with E-state index >= 15 is 0 Å². The molecule has 0 heterocycles. The summed E-state index contributed by atoms with van der Waals surface area (Å²) >= 11 is 0. The molecule has 0 unspecified atom stereocenters. The molecule has 108 valence electrons. The molecule has 0 saturated heterocycles. The van der Waals surface area contributed by atoms with Crippen molar-refractivity contribution in [3.8, 4) is 11.5 Å². The Labute approximate surface area is 118 Å². The van der Waals surface area contributed by atoms with Gasteiger partial charge in [-0.3, -0.25) is 10.1 Å². The second-order valence-electron chi connectivity index (χ2n) is 4.23. The van der Waals surface area contributed by atoms with Crippen molar-refractivity contribution in [2.75, 3.05) is 0 Å². The quantitative estimate of drug-likeness (QED) is 0.687. The van der Waals surface area contributed by atoms with Crippen LogP contribution in [0.1, 0.15) is 15.9 Å². The maximum Gasteiger partial charge on any atom is 0.342 e. The van der Waals surface area contributed by atoms with Crippen molar-refractivity contribution in [2.24, 2.45) is 0 Å². The van der Waals surface area contributed by atoms with Crippen molar-refractivity contribution in [3.05, 3.63) is 63.5 Å². The van der Waals surface area contributed by atoms with Crippen molar-refractivity contribution < 1.29 is 24.0 Å². The molecule has 0 aliphatic carbocycles. The molecule has 0 bridgehead atoms. The number of carbonyl (C=O) groups is 1. The van der Waals surface area contributed by atoms with Crippen LogP contribution in [0.5, 0.6) is 11.5 Å². The average Bonchev–Trinajstić information content (AvgIpc) is 2.41. The highest BCUT2D eigenvalue weighted by Gasteiger charge is 2.26. The lowest BCUT2D eigenvalue weighted by Crippen LogP contribution is -2.04. The van der Waals surface area contributed by atoms with Gasteiger partial charge in [0.1, 0.15) is 17.1 Å². The fraction of sp³-hybridized carbons (Fsp3) is 0.0714. The molecule has 0 aliphatic heterocycles. The Morgan fingerprint density at radius 1 is 1.29 bits per heavy atom. The SMILES string of the molecule is Cc1cc(F)ccc1Oc1cccc(C(=O)O)c1[N+](=O)[O-]. The number of halogens is 1. The molecule has 0 fully saturated rings. The second-order valence-corrected chi connectivity index (χ2v) is 4.23. The van der Waals surface area contributed by atoms with E-state index in [0.717, 1.165) is 12.1 Å². The molecule has 0 spiro atoms. The van der Waals surface area contributed by atoms with Crippen LogP contribution in [-0.2, 0) is 0 Å². The van der Waals surface area contributed by atoms with Gasteiger partial charge in [0.25, 0.3) is 0 Å². The molecular weight excluding hydrogens is 281 g/mol. The standard InChI is InChI=1S/C14H10FNO5/c1-8-7-9(15)5-6-11(8)21-12-4-2-3-10(14(17)18)13(12)16(19)20/h2-7H,1H3,(H,17,18). The van der Waals surface area contributed by atoms with Crippen LogP contribution >= 0.6 is 0 Å². The largest absolute Gasteiger partial charge is 0.477 e. The van der Waals surface area contributed by atoms with Gasteiger partial charge in [-0.25, -0.2) is 9.18 Å². The summed E-state index contributed by atoms with van der Waals surface area (Å²) in [5.41, 5.74) is -0.684. The van der Waals surface area contributed by atoms with Crippen molar-refractivity contribution >= 4 is 11.7 Å². The highest BCUT2D eigenvalue weighted by Crippen LogP contribution is 2.35. The van der Waals surface area contributed by atoms with Gasteiger partial charge in [-0.2, -0.15) is 0 Å². The molecule has 0 aromatic heterocycles. The molecular formula is C14H10FNO5. The molecule has 7 heteroatoms. The van der Waals surface area contributed by atoms with E-state index in [1.54, 1.807) is 6.92 Å². The average molecular weight is 291 g/mol. The highest BCUT2D eigenvalue weighted by atomic mass is 19.1. The molecule has 0 atom stereocenters. The summed E-state index contributed by atoms with van der Waals surface area (Å²) in [7, 11) is 0. The van der Waals surface area contributed by atoms with Crippen molar-refractivity contribution in [3.63, 3.8) is 0 Å². The monoisotopic (exact) mass is 291 g/mol. The molecule has 21 heavy (non-hydrogen) atoms. The van der Waals surface area contributed by atoms with Crippen LogP contribution in [-0.4, -0.2) is 16.0 Å². The number of nitrogens with zero attached hydrogens (tertiary/aromatic N) is 1. The number of carboxylic acids is 1. The molecule has 2 aromatic rings. The highest BCUT2D eigenvalue weighted by molar-refractivity contribution is 5.93. The Bertz CT molecular complexity index is 729. The fourth-order valence-electron chi connectivity index (χ4n) is 1.81. The minimum Gasteiger partial charge on any atom is -0.477 e. The number of aromatic carboxylic acids is 1. The van der Waals surface area contributed by atoms with Gasteiger partial charge >= 0.3 is 11.7 Å². The molecule has 0 aliphatic rings. The minimum absolute atomic E-state index is 0.210. The number of carboxylic acid groups (broad SMARTS) is 1. The van der Waals surface area contributed by atoms with Crippen LogP contribution in [0.2, 0.25) is 0 Å². The number of ether oxygens (including phenoxy) is 1. The summed E-state index contributed by atoms with van der Waals surface area (Å²) in [5.74, 6) is -1.90. The third kappa shape index (κ3) is 2.97. The maximum atomic E-state index is 13.0. The van der Waals surface area contributed by atoms with E-state index in [1.807, 2.05) is 0 Å². The van der Waals surface area contributed by atoms with Crippen molar-refractivity contribution in [2.45, 2.75) is 6.92 Å². The van der Waals surface area contributed by atoms with E-state index in [1.165, 1.54) is 24.3 Å². The zero-order chi connectivity index (χ0) is 15.6. The molecule has 1 N–H and O–H groups in total. The lowest BCUT2D eigenvalue weighted by Gasteiger charge is -2.10. The number of nitro benzene ring substituents is 1. The Morgan fingerprint density at radius 2 is 2.00 bits per heavy atom. The van der Waals surface area contributed by atoms with Gasteiger partial charge in [-0.05, 0) is 42.8 Å². The van der Waals surface area contributed by atoms with Crippen LogP contribution in [0.3, 0.4) is 0 Å². The van der Waals surface area contributed by atoms with Gasteiger partial charge in [0, 0.05) is 0 Å². The summed E-state index contributed by atoms with van der Waals surface area (Å²) in [6.45, 7) is 1.57. The first-order valence-electron chi connectivity index (χ1n) is 5.85. The third-order valence-corrected chi connectivity index (χ3v) is 2.77. The molecule has 0 saturated carbocycles. The zero-order valence-electron chi connectivity index (χ0n) is 10.9. The third-order valence-electron chi connectivity index (χ3n) is 2.77. The summed E-state index contributed by atoms with van der Waals surface area (Å²) < 4.78 is 18.4. The molecule has 0 amide bonds. The predicted octanol–water partition coefficient (Wildman–Crippen LogP) is 3.53. The lowest BCUT2D eigenvalue weighted by atomic mass is 10.1. The number of aryl methyl sites for hydroxylation is 1. The van der Waals surface area contributed by atoms with E-state index in [-0.39, 0.29) is 11.5 Å². The number of hydrogen-bond acceptors (Lipinski definition) is 4. The number of nitro groups is 1. The first-order chi connectivity index (χ1) is 9.90. The first kappa shape index (κ1) is 14.4. The normalized spacial score (nSPS) is 10.2. The minimum atomic E-state index is -1.43. The number of hydrogen-bond donors (Lipinski definition) is 1. The predicted molar refractivity (Wildman–Crippen MR) is 71.3 cm³/mol.